The fourth-order valence-corrected chi connectivity index (χ4v) is 2.80. The number of nitrogens with zero attached hydrogens (tertiary/aromatic N) is 2. The molecule has 21 heavy (non-hydrogen) atoms. The number of aliphatic hydroxyl groups is 1. The molecule has 2 rings (SSSR count). The first-order valence-corrected chi connectivity index (χ1v) is 8.03. The molecule has 0 bridgehead atoms. The van der Waals surface area contributed by atoms with Gasteiger partial charge >= 0.3 is 0 Å². The minimum atomic E-state index is 0.268. The van der Waals surface area contributed by atoms with E-state index < -0.39 is 0 Å². The molecule has 1 fully saturated rings. The number of benzene rings is 1. The van der Waals surface area contributed by atoms with Gasteiger partial charge in [-0.05, 0) is 50.6 Å². The van der Waals surface area contributed by atoms with Crippen molar-refractivity contribution >= 4 is 0 Å². The molecule has 0 radical (unpaired) electrons. The highest BCUT2D eigenvalue weighted by atomic mass is 16.5. The number of aliphatic hydroxyl groups excluding tert-OH is 1. The lowest BCUT2D eigenvalue weighted by atomic mass is 10.2. The van der Waals surface area contributed by atoms with Crippen molar-refractivity contribution in [3.8, 4) is 5.75 Å². The molecule has 4 heteroatoms. The molecule has 0 aromatic heterocycles. The lowest BCUT2D eigenvalue weighted by Crippen LogP contribution is -2.33. The quantitative estimate of drug-likeness (QED) is 0.777. The van der Waals surface area contributed by atoms with Crippen molar-refractivity contribution in [2.75, 3.05) is 52.5 Å². The highest BCUT2D eigenvalue weighted by molar-refractivity contribution is 5.27. The lowest BCUT2D eigenvalue weighted by molar-refractivity contribution is 0.194. The van der Waals surface area contributed by atoms with Gasteiger partial charge < -0.3 is 14.7 Å². The van der Waals surface area contributed by atoms with Gasteiger partial charge in [-0.15, -0.1) is 0 Å². The van der Waals surface area contributed by atoms with Gasteiger partial charge in [0.25, 0.3) is 0 Å². The van der Waals surface area contributed by atoms with Gasteiger partial charge in [0.15, 0.2) is 0 Å². The molecule has 0 aliphatic carbocycles. The largest absolute Gasteiger partial charge is 0.494 e. The Hall–Kier alpha value is -1.10. The van der Waals surface area contributed by atoms with Crippen LogP contribution in [0.1, 0.15) is 18.4 Å². The lowest BCUT2D eigenvalue weighted by Gasteiger charge is -2.21. The zero-order valence-electron chi connectivity index (χ0n) is 13.1. The van der Waals surface area contributed by atoms with Crippen LogP contribution in [0.25, 0.3) is 0 Å². The van der Waals surface area contributed by atoms with E-state index in [9.17, 15) is 0 Å². The summed E-state index contributed by atoms with van der Waals surface area (Å²) in [5, 5.41) is 9.01. The van der Waals surface area contributed by atoms with Crippen LogP contribution in [-0.2, 0) is 0 Å². The second kappa shape index (κ2) is 9.03. The van der Waals surface area contributed by atoms with Crippen molar-refractivity contribution < 1.29 is 9.84 Å². The van der Waals surface area contributed by atoms with Gasteiger partial charge in [-0.1, -0.05) is 12.1 Å². The second-order valence-corrected chi connectivity index (χ2v) is 5.78. The number of ether oxygens (including phenoxy) is 1. The zero-order chi connectivity index (χ0) is 14.9. The van der Waals surface area contributed by atoms with E-state index in [4.69, 9.17) is 9.84 Å². The summed E-state index contributed by atoms with van der Waals surface area (Å²) >= 11 is 0. The Labute approximate surface area is 128 Å². The van der Waals surface area contributed by atoms with Gasteiger partial charge in [-0.3, -0.25) is 4.90 Å². The van der Waals surface area contributed by atoms with E-state index in [1.54, 1.807) is 0 Å². The maximum atomic E-state index is 9.01. The van der Waals surface area contributed by atoms with Crippen LogP contribution in [0.2, 0.25) is 0 Å². The maximum absolute atomic E-state index is 9.01. The molecule has 0 amide bonds. The Kier molecular flexibility index (Phi) is 7.00. The Morgan fingerprint density at radius 2 is 1.86 bits per heavy atom. The molecule has 0 saturated carbocycles. The highest BCUT2D eigenvalue weighted by Crippen LogP contribution is 2.12. The molecule has 1 aliphatic rings. The van der Waals surface area contributed by atoms with Crippen LogP contribution in [0.3, 0.4) is 0 Å². The van der Waals surface area contributed by atoms with Gasteiger partial charge in [0.05, 0.1) is 13.2 Å². The Bertz CT molecular complexity index is 412. The van der Waals surface area contributed by atoms with Crippen molar-refractivity contribution in [1.29, 1.82) is 0 Å². The van der Waals surface area contributed by atoms with Gasteiger partial charge in [0.1, 0.15) is 5.75 Å². The SMILES string of the molecule is Cc1cccc(OCCCN2CCCN(CCO)CC2)c1. The first-order valence-electron chi connectivity index (χ1n) is 8.03. The number of hydrogen-bond acceptors (Lipinski definition) is 4. The van der Waals surface area contributed by atoms with E-state index in [0.717, 1.165) is 58.0 Å². The first-order chi connectivity index (χ1) is 10.3. The van der Waals surface area contributed by atoms with Gasteiger partial charge in [0, 0.05) is 26.2 Å². The number of β-amino-alcohol motifs (C(OH)–C–C–N with tert-alkyl or cyclic N) is 1. The number of aryl methyl sites for hydroxylation is 1. The van der Waals surface area contributed by atoms with E-state index in [0.29, 0.717) is 0 Å². The summed E-state index contributed by atoms with van der Waals surface area (Å²) in [5.41, 5.74) is 1.24. The molecular weight excluding hydrogens is 264 g/mol. The van der Waals surface area contributed by atoms with Crippen LogP contribution >= 0.6 is 0 Å². The second-order valence-electron chi connectivity index (χ2n) is 5.78. The Morgan fingerprint density at radius 3 is 2.57 bits per heavy atom. The summed E-state index contributed by atoms with van der Waals surface area (Å²) in [4.78, 5) is 4.86. The van der Waals surface area contributed by atoms with E-state index in [2.05, 4.69) is 28.9 Å². The molecule has 1 saturated heterocycles. The normalized spacial score (nSPS) is 17.6. The third-order valence-electron chi connectivity index (χ3n) is 3.97. The molecule has 1 heterocycles. The predicted molar refractivity (Wildman–Crippen MR) is 85.9 cm³/mol. The van der Waals surface area contributed by atoms with Crippen LogP contribution in [0.5, 0.6) is 5.75 Å². The van der Waals surface area contributed by atoms with E-state index >= 15 is 0 Å². The molecule has 1 aromatic rings. The van der Waals surface area contributed by atoms with Crippen molar-refractivity contribution in [2.45, 2.75) is 19.8 Å². The highest BCUT2D eigenvalue weighted by Gasteiger charge is 2.13. The molecule has 118 valence electrons. The minimum absolute atomic E-state index is 0.268. The molecule has 4 nitrogen and oxygen atoms in total. The molecule has 1 N–H and O–H groups in total. The monoisotopic (exact) mass is 292 g/mol. The number of rotatable bonds is 7. The van der Waals surface area contributed by atoms with E-state index in [1.165, 1.54) is 12.0 Å². The van der Waals surface area contributed by atoms with Gasteiger partial charge in [-0.2, -0.15) is 0 Å². The van der Waals surface area contributed by atoms with Crippen molar-refractivity contribution in [1.82, 2.24) is 9.80 Å². The fourth-order valence-electron chi connectivity index (χ4n) is 2.80. The number of hydrogen-bond donors (Lipinski definition) is 1. The zero-order valence-corrected chi connectivity index (χ0v) is 13.1. The van der Waals surface area contributed by atoms with Gasteiger partial charge in [-0.25, -0.2) is 0 Å². The standard InChI is InChI=1S/C17H28N2O2/c1-16-5-2-6-17(15-16)21-14-4-9-18-7-3-8-19(11-10-18)12-13-20/h2,5-6,15,20H,3-4,7-14H2,1H3. The Morgan fingerprint density at radius 1 is 1.10 bits per heavy atom. The Balaban J connectivity index is 1.62. The van der Waals surface area contributed by atoms with E-state index in [-0.39, 0.29) is 6.61 Å². The van der Waals surface area contributed by atoms with Crippen molar-refractivity contribution in [2.24, 2.45) is 0 Å². The van der Waals surface area contributed by atoms with Crippen molar-refractivity contribution in [3.63, 3.8) is 0 Å². The molecule has 0 atom stereocenters. The molecular formula is C17H28N2O2. The van der Waals surface area contributed by atoms with Gasteiger partial charge in [0.2, 0.25) is 0 Å². The minimum Gasteiger partial charge on any atom is -0.494 e. The summed E-state index contributed by atoms with van der Waals surface area (Å²) in [6.07, 6.45) is 2.26. The van der Waals surface area contributed by atoms with Crippen molar-refractivity contribution in [3.05, 3.63) is 29.8 Å². The van der Waals surface area contributed by atoms with Crippen LogP contribution in [0.15, 0.2) is 24.3 Å². The average molecular weight is 292 g/mol. The molecule has 0 spiro atoms. The summed E-state index contributed by atoms with van der Waals surface area (Å²) in [6.45, 7) is 9.48. The molecule has 1 aliphatic heterocycles. The smallest absolute Gasteiger partial charge is 0.119 e. The van der Waals surface area contributed by atoms with E-state index in [1.807, 2.05) is 12.1 Å². The molecule has 1 aromatic carbocycles. The first kappa shape index (κ1) is 16.3. The summed E-state index contributed by atoms with van der Waals surface area (Å²) in [5.74, 6) is 0.972. The summed E-state index contributed by atoms with van der Waals surface area (Å²) in [7, 11) is 0. The molecule has 0 unspecified atom stereocenters. The summed E-state index contributed by atoms with van der Waals surface area (Å²) < 4.78 is 5.80. The third-order valence-corrected chi connectivity index (χ3v) is 3.97. The average Bonchev–Trinajstić information content (AvgIpc) is 2.70. The third kappa shape index (κ3) is 6.04. The van der Waals surface area contributed by atoms with Crippen LogP contribution in [0, 0.1) is 6.92 Å². The fraction of sp³-hybridized carbons (Fsp3) is 0.647. The van der Waals surface area contributed by atoms with Crippen LogP contribution in [-0.4, -0.2) is 67.4 Å². The predicted octanol–water partition coefficient (Wildman–Crippen LogP) is 1.76. The van der Waals surface area contributed by atoms with Crippen LogP contribution in [0.4, 0.5) is 0 Å². The maximum Gasteiger partial charge on any atom is 0.119 e. The van der Waals surface area contributed by atoms with Crippen LogP contribution < -0.4 is 4.74 Å². The summed E-state index contributed by atoms with van der Waals surface area (Å²) in [6, 6.07) is 8.22. The topological polar surface area (TPSA) is 35.9 Å².